The van der Waals surface area contributed by atoms with Gasteiger partial charge in [-0.05, 0) is 42.8 Å². The number of aromatic nitrogens is 3. The van der Waals surface area contributed by atoms with Crippen molar-refractivity contribution in [1.29, 1.82) is 0 Å². The molecule has 0 aliphatic heterocycles. The molecule has 0 saturated heterocycles. The third-order valence-electron chi connectivity index (χ3n) is 2.81. The summed E-state index contributed by atoms with van der Waals surface area (Å²) in [6.45, 7) is 2.45. The van der Waals surface area contributed by atoms with Crippen LogP contribution in [0, 0.1) is 6.92 Å². The first-order valence-electron chi connectivity index (χ1n) is 6.18. The number of hydrogen-bond donors (Lipinski definition) is 2. The maximum Gasteiger partial charge on any atom is 0.193 e. The monoisotopic (exact) mass is 288 g/mol. The Hall–Kier alpha value is -2.27. The predicted octanol–water partition coefficient (Wildman–Crippen LogP) is 3.64. The van der Waals surface area contributed by atoms with Crippen LogP contribution in [0.1, 0.15) is 11.6 Å². The van der Waals surface area contributed by atoms with Crippen molar-refractivity contribution in [3.8, 4) is 11.4 Å². The molecule has 0 aliphatic carbocycles. The van der Waals surface area contributed by atoms with Crippen molar-refractivity contribution in [3.63, 3.8) is 0 Å². The van der Waals surface area contributed by atoms with Crippen molar-refractivity contribution in [2.24, 2.45) is 0 Å². The van der Waals surface area contributed by atoms with Crippen LogP contribution in [0.3, 0.4) is 0 Å². The molecule has 0 fully saturated rings. The summed E-state index contributed by atoms with van der Waals surface area (Å²) in [5.41, 5.74) is 1.93. The van der Waals surface area contributed by atoms with E-state index in [9.17, 15) is 0 Å². The summed E-state index contributed by atoms with van der Waals surface area (Å²) in [7, 11) is 0. The Morgan fingerprint density at radius 2 is 2.20 bits per heavy atom. The van der Waals surface area contributed by atoms with Crippen LogP contribution in [-0.4, -0.2) is 15.2 Å². The maximum absolute atomic E-state index is 5.74. The molecule has 20 heavy (non-hydrogen) atoms. The molecule has 0 atom stereocenters. The normalized spacial score (nSPS) is 10.7. The molecule has 3 aromatic rings. The van der Waals surface area contributed by atoms with Crippen LogP contribution in [0.4, 0.5) is 5.69 Å². The van der Waals surface area contributed by atoms with E-state index in [0.29, 0.717) is 17.6 Å². The molecule has 2 aromatic heterocycles. The Morgan fingerprint density at radius 1 is 1.30 bits per heavy atom. The van der Waals surface area contributed by atoms with Crippen LogP contribution < -0.4 is 5.32 Å². The molecule has 2 heterocycles. The molecule has 0 amide bonds. The molecule has 0 radical (unpaired) electrons. The second-order valence-corrected chi connectivity index (χ2v) is 4.76. The second-order valence-electron chi connectivity index (χ2n) is 4.38. The quantitative estimate of drug-likeness (QED) is 0.769. The summed E-state index contributed by atoms with van der Waals surface area (Å²) in [6, 6.07) is 11.5. The lowest BCUT2D eigenvalue weighted by Gasteiger charge is -2.05. The summed E-state index contributed by atoms with van der Waals surface area (Å²) in [5.74, 6) is 2.27. The van der Waals surface area contributed by atoms with Gasteiger partial charge in [-0.25, -0.2) is 4.98 Å². The zero-order chi connectivity index (χ0) is 13.9. The van der Waals surface area contributed by atoms with Gasteiger partial charge in [0.25, 0.3) is 0 Å². The van der Waals surface area contributed by atoms with Gasteiger partial charge in [0.1, 0.15) is 11.6 Å². The number of rotatable bonds is 4. The Kier molecular flexibility index (Phi) is 3.43. The van der Waals surface area contributed by atoms with Crippen molar-refractivity contribution < 1.29 is 4.42 Å². The van der Waals surface area contributed by atoms with Crippen molar-refractivity contribution in [1.82, 2.24) is 15.2 Å². The summed E-state index contributed by atoms with van der Waals surface area (Å²) >= 11 is 5.74. The first kappa shape index (κ1) is 12.7. The Labute approximate surface area is 121 Å². The number of halogens is 1. The molecule has 0 bridgehead atoms. The fourth-order valence-electron chi connectivity index (χ4n) is 1.88. The van der Waals surface area contributed by atoms with E-state index in [1.54, 1.807) is 6.07 Å². The zero-order valence-corrected chi connectivity index (χ0v) is 11.6. The van der Waals surface area contributed by atoms with Crippen LogP contribution in [0.25, 0.3) is 11.4 Å². The van der Waals surface area contributed by atoms with E-state index in [0.717, 1.165) is 22.8 Å². The van der Waals surface area contributed by atoms with Gasteiger partial charge in [-0.1, -0.05) is 12.1 Å². The number of aryl methyl sites for hydroxylation is 1. The van der Waals surface area contributed by atoms with Gasteiger partial charge in [0.05, 0.1) is 6.54 Å². The van der Waals surface area contributed by atoms with E-state index < -0.39 is 0 Å². The maximum atomic E-state index is 5.74. The molecule has 0 saturated carbocycles. The van der Waals surface area contributed by atoms with Crippen LogP contribution in [0.2, 0.25) is 5.22 Å². The van der Waals surface area contributed by atoms with E-state index in [1.165, 1.54) is 0 Å². The van der Waals surface area contributed by atoms with Crippen LogP contribution in [0.15, 0.2) is 40.8 Å². The summed E-state index contributed by atoms with van der Waals surface area (Å²) in [4.78, 5) is 4.31. The van der Waals surface area contributed by atoms with Crippen LogP contribution in [0.5, 0.6) is 0 Å². The second kappa shape index (κ2) is 5.38. The standard InChI is InChI=1S/C14H13ClN4O/c1-9-17-14(19-18-9)10-3-2-4-11(7-10)16-8-12-5-6-13(15)20-12/h2-7,16H,8H2,1H3,(H,17,18,19). The van der Waals surface area contributed by atoms with E-state index >= 15 is 0 Å². The molecular weight excluding hydrogens is 276 g/mol. The highest BCUT2D eigenvalue weighted by Crippen LogP contribution is 2.20. The fraction of sp³-hybridized carbons (Fsp3) is 0.143. The largest absolute Gasteiger partial charge is 0.448 e. The van der Waals surface area contributed by atoms with Gasteiger partial charge < -0.3 is 9.73 Å². The molecule has 5 nitrogen and oxygen atoms in total. The third-order valence-corrected chi connectivity index (χ3v) is 3.02. The van der Waals surface area contributed by atoms with E-state index in [2.05, 4.69) is 20.5 Å². The topological polar surface area (TPSA) is 66.7 Å². The predicted molar refractivity (Wildman–Crippen MR) is 77.6 cm³/mol. The number of hydrogen-bond acceptors (Lipinski definition) is 4. The number of aromatic amines is 1. The molecule has 6 heteroatoms. The molecule has 3 rings (SSSR count). The number of H-pyrrole nitrogens is 1. The lowest BCUT2D eigenvalue weighted by atomic mass is 10.2. The average molecular weight is 289 g/mol. The smallest absolute Gasteiger partial charge is 0.193 e. The number of benzene rings is 1. The minimum atomic E-state index is 0.395. The molecular formula is C14H13ClN4O. The van der Waals surface area contributed by atoms with Crippen LogP contribution >= 0.6 is 11.6 Å². The number of nitrogens with one attached hydrogen (secondary N) is 2. The highest BCUT2D eigenvalue weighted by molar-refractivity contribution is 6.28. The molecule has 2 N–H and O–H groups in total. The van der Waals surface area contributed by atoms with Crippen molar-refractivity contribution >= 4 is 17.3 Å². The fourth-order valence-corrected chi connectivity index (χ4v) is 2.04. The van der Waals surface area contributed by atoms with Gasteiger partial charge in [-0.2, -0.15) is 5.10 Å². The molecule has 102 valence electrons. The van der Waals surface area contributed by atoms with Crippen LogP contribution in [-0.2, 0) is 6.54 Å². The van der Waals surface area contributed by atoms with E-state index in [4.69, 9.17) is 16.0 Å². The van der Waals surface area contributed by atoms with Gasteiger partial charge in [-0.15, -0.1) is 0 Å². The average Bonchev–Trinajstić information content (AvgIpc) is 3.06. The van der Waals surface area contributed by atoms with Gasteiger partial charge in [0.2, 0.25) is 0 Å². The number of furan rings is 1. The van der Waals surface area contributed by atoms with Gasteiger partial charge >= 0.3 is 0 Å². The van der Waals surface area contributed by atoms with Crippen molar-refractivity contribution in [2.45, 2.75) is 13.5 Å². The SMILES string of the molecule is Cc1nc(-c2cccc(NCc3ccc(Cl)o3)c2)n[nH]1. The molecule has 0 unspecified atom stereocenters. The van der Waals surface area contributed by atoms with E-state index in [1.807, 2.05) is 37.3 Å². The Balaban J connectivity index is 1.74. The first-order valence-corrected chi connectivity index (χ1v) is 6.56. The summed E-state index contributed by atoms with van der Waals surface area (Å²) in [6.07, 6.45) is 0. The lowest BCUT2D eigenvalue weighted by Crippen LogP contribution is -1.98. The molecule has 0 spiro atoms. The molecule has 0 aliphatic rings. The summed E-state index contributed by atoms with van der Waals surface area (Å²) in [5, 5.41) is 10.7. The van der Waals surface area contributed by atoms with Crippen molar-refractivity contribution in [2.75, 3.05) is 5.32 Å². The Morgan fingerprint density at radius 3 is 2.90 bits per heavy atom. The van der Waals surface area contributed by atoms with E-state index in [-0.39, 0.29) is 0 Å². The number of nitrogens with zero attached hydrogens (tertiary/aromatic N) is 2. The van der Waals surface area contributed by atoms with Gasteiger partial charge in [0.15, 0.2) is 11.0 Å². The van der Waals surface area contributed by atoms with Crippen molar-refractivity contribution in [3.05, 3.63) is 53.2 Å². The molecule has 1 aromatic carbocycles. The van der Waals surface area contributed by atoms with Gasteiger partial charge in [-0.3, -0.25) is 5.10 Å². The highest BCUT2D eigenvalue weighted by atomic mass is 35.5. The summed E-state index contributed by atoms with van der Waals surface area (Å²) < 4.78 is 5.30. The minimum absolute atomic E-state index is 0.395. The van der Waals surface area contributed by atoms with Gasteiger partial charge in [0, 0.05) is 11.3 Å². The minimum Gasteiger partial charge on any atom is -0.448 e. The third kappa shape index (κ3) is 2.83. The highest BCUT2D eigenvalue weighted by Gasteiger charge is 2.05. The zero-order valence-electron chi connectivity index (χ0n) is 10.9. The lowest BCUT2D eigenvalue weighted by molar-refractivity contribution is 0.520. The Bertz CT molecular complexity index is 719. The number of anilines is 1. The first-order chi connectivity index (χ1) is 9.70.